The monoisotopic (exact) mass is 1000 g/mol. The molecule has 0 nitrogen and oxygen atoms in total. The Kier molecular flexibility index (Phi) is 96.1. The molecule has 0 atom stereocenters. The predicted octanol–water partition coefficient (Wildman–Crippen LogP) is 27.4. The van der Waals surface area contributed by atoms with Gasteiger partial charge in [0.1, 0.15) is 0 Å². The Morgan fingerprint density at radius 3 is 0.403 bits per heavy atom. The number of unbranched alkanes of at least 4 members (excludes halogenated alkanes) is 33. The average Bonchev–Trinajstić information content (AvgIpc) is 3.41. The van der Waals surface area contributed by atoms with E-state index >= 15 is 0 Å². The smallest absolute Gasteiger partial charge is 0.0398 e. The van der Waals surface area contributed by atoms with Crippen LogP contribution in [0.3, 0.4) is 0 Å². The first-order valence-electron chi connectivity index (χ1n) is 32.2. The van der Waals surface area contributed by atoms with Crippen LogP contribution in [0.15, 0.2) is 91.0 Å². The molecule has 3 aromatic rings. The second-order valence-electron chi connectivity index (χ2n) is 20.5. The summed E-state index contributed by atoms with van der Waals surface area (Å²) in [6.45, 7) is 33.4. The van der Waals surface area contributed by atoms with Crippen molar-refractivity contribution in [3.05, 3.63) is 108 Å². The molecule has 0 heterocycles. The van der Waals surface area contributed by atoms with E-state index in [4.69, 9.17) is 0 Å². The molecule has 426 valence electrons. The molecule has 3 rings (SSSR count). The van der Waals surface area contributed by atoms with Gasteiger partial charge in [-0.25, -0.2) is 0 Å². The third-order valence-electron chi connectivity index (χ3n) is 12.3. The maximum absolute atomic E-state index is 2.27. The lowest BCUT2D eigenvalue weighted by Crippen LogP contribution is -1.79. The lowest BCUT2D eigenvalue weighted by Gasteiger charge is -1.98. The van der Waals surface area contributed by atoms with Gasteiger partial charge in [-0.2, -0.15) is 0 Å². The number of hydrogen-bond donors (Lipinski definition) is 0. The normalized spacial score (nSPS) is 9.54. The third kappa shape index (κ3) is 101. The Bertz CT molecular complexity index is 1080. The molecule has 0 saturated heterocycles. The summed E-state index contributed by atoms with van der Waals surface area (Å²) in [5, 5.41) is 0. The van der Waals surface area contributed by atoms with Crippen molar-refractivity contribution in [1.82, 2.24) is 0 Å². The average molecular weight is 1000 g/mol. The Labute approximate surface area is 459 Å². The Morgan fingerprint density at radius 1 is 0.153 bits per heavy atom. The van der Waals surface area contributed by atoms with E-state index in [0.717, 1.165) is 0 Å². The molecule has 72 heavy (non-hydrogen) atoms. The second-order valence-corrected chi connectivity index (χ2v) is 20.5. The third-order valence-corrected chi connectivity index (χ3v) is 12.3. The first-order chi connectivity index (χ1) is 35.2. The van der Waals surface area contributed by atoms with Crippen molar-refractivity contribution in [2.45, 2.75) is 354 Å². The van der Waals surface area contributed by atoms with Crippen LogP contribution in [0.4, 0.5) is 0 Å². The van der Waals surface area contributed by atoms with Gasteiger partial charge >= 0.3 is 0 Å². The van der Waals surface area contributed by atoms with Crippen LogP contribution in [0.5, 0.6) is 0 Å². The fraction of sp³-hybridized carbons (Fsp3) is 0.750. The highest BCUT2D eigenvalue weighted by Crippen LogP contribution is 2.10. The summed E-state index contributed by atoms with van der Waals surface area (Å²) >= 11 is 0. The number of hydrogen-bond acceptors (Lipinski definition) is 0. The van der Waals surface area contributed by atoms with Gasteiger partial charge in [-0.15, -0.1) is 0 Å². The number of rotatable bonds is 33. The Balaban J connectivity index is -0.000000171. The van der Waals surface area contributed by atoms with E-state index in [0.29, 0.717) is 0 Å². The van der Waals surface area contributed by atoms with Gasteiger partial charge in [0.2, 0.25) is 0 Å². The molecule has 0 fully saturated rings. The molecule has 0 unspecified atom stereocenters. The Morgan fingerprint density at radius 2 is 0.264 bits per heavy atom. The summed E-state index contributed by atoms with van der Waals surface area (Å²) in [5.41, 5.74) is 3.98. The molecular formula is C72H138. The van der Waals surface area contributed by atoms with E-state index in [1.54, 1.807) is 0 Å². The summed E-state index contributed by atoms with van der Waals surface area (Å²) in [4.78, 5) is 0. The largest absolute Gasteiger partial charge is 0.0654 e. The zero-order valence-electron chi connectivity index (χ0n) is 52.7. The second kappa shape index (κ2) is 85.4. The molecule has 0 heteroatoms. The first-order valence-corrected chi connectivity index (χ1v) is 32.2. The van der Waals surface area contributed by atoms with Gasteiger partial charge in [0.25, 0.3) is 0 Å². The lowest BCUT2D eigenvalue weighted by molar-refractivity contribution is 0.572. The molecule has 0 aromatic heterocycles. The van der Waals surface area contributed by atoms with Gasteiger partial charge in [-0.05, 0) is 20.8 Å². The van der Waals surface area contributed by atoms with Crippen LogP contribution in [0.25, 0.3) is 0 Å². The fourth-order valence-electron chi connectivity index (χ4n) is 7.21. The minimum atomic E-state index is 1.32. The van der Waals surface area contributed by atoms with Crippen LogP contribution < -0.4 is 0 Å². The zero-order chi connectivity index (χ0) is 54.9. The van der Waals surface area contributed by atoms with Gasteiger partial charge < -0.3 is 0 Å². The Hall–Kier alpha value is -2.34. The summed E-state index contributed by atoms with van der Waals surface area (Å²) < 4.78 is 0. The van der Waals surface area contributed by atoms with Gasteiger partial charge in [0.15, 0.2) is 0 Å². The molecule has 0 amide bonds. The molecule has 0 spiro atoms. The summed E-state index contributed by atoms with van der Waals surface area (Å²) in [6.07, 6.45) is 55.4. The van der Waals surface area contributed by atoms with Crippen molar-refractivity contribution < 1.29 is 0 Å². The highest BCUT2D eigenvalue weighted by atomic mass is 14.0. The number of benzene rings is 3. The minimum absolute atomic E-state index is 1.32. The minimum Gasteiger partial charge on any atom is -0.0654 e. The highest BCUT2D eigenvalue weighted by Gasteiger charge is 1.90. The van der Waals surface area contributed by atoms with E-state index in [9.17, 15) is 0 Å². The van der Waals surface area contributed by atoms with Crippen LogP contribution in [0, 0.1) is 20.8 Å². The standard InChI is InChI=1S/C11H24.C10H22.C9H20.C8H10.C8H18.C7H8.C7H16.C6H6.C6H14/c1-3-5-7-9-11-10-8-6-4-2;1-3-5-7-9-10-8-6-4-2;1-3-5-7-9-8-6-4-2;1-7-3-5-8(2)6-4-7;1-3-5-7-8-6-4-2;1-7-5-3-2-4-6-7;1-3-5-7-6-4-2;1-2-4-6-5-3-1;1-3-5-6-4-2/h3-11H2,1-2H3;3-10H2,1-2H3;3-9H2,1-2H3;3-6H,1-2H3;3-8H2,1-2H3;2-6H,1H3;3-7H2,1-2H3;1-6H;3-6H2,1-2H3. The zero-order valence-corrected chi connectivity index (χ0v) is 52.7. The van der Waals surface area contributed by atoms with E-state index in [-0.39, 0.29) is 0 Å². The molecule has 0 radical (unpaired) electrons. The van der Waals surface area contributed by atoms with Crippen molar-refractivity contribution in [2.24, 2.45) is 0 Å². The predicted molar refractivity (Wildman–Crippen MR) is 342 cm³/mol. The topological polar surface area (TPSA) is 0 Å². The highest BCUT2D eigenvalue weighted by molar-refractivity contribution is 5.19. The fourth-order valence-corrected chi connectivity index (χ4v) is 7.21. The van der Waals surface area contributed by atoms with Crippen molar-refractivity contribution >= 4 is 0 Å². The lowest BCUT2D eigenvalue weighted by atomic mass is 10.1. The van der Waals surface area contributed by atoms with E-state index in [1.165, 1.54) is 267 Å². The van der Waals surface area contributed by atoms with Crippen LogP contribution in [-0.2, 0) is 0 Å². The van der Waals surface area contributed by atoms with Crippen LogP contribution in [0.2, 0.25) is 0 Å². The van der Waals surface area contributed by atoms with Crippen LogP contribution in [-0.4, -0.2) is 0 Å². The van der Waals surface area contributed by atoms with E-state index in [1.807, 2.05) is 54.6 Å². The van der Waals surface area contributed by atoms with Crippen LogP contribution >= 0.6 is 0 Å². The van der Waals surface area contributed by atoms with E-state index < -0.39 is 0 Å². The van der Waals surface area contributed by atoms with Gasteiger partial charge in [-0.1, -0.05) is 441 Å². The van der Waals surface area contributed by atoms with Gasteiger partial charge in [0.05, 0.1) is 0 Å². The quantitative estimate of drug-likeness (QED) is 0.0534. The van der Waals surface area contributed by atoms with Gasteiger partial charge in [-0.3, -0.25) is 0 Å². The van der Waals surface area contributed by atoms with Crippen molar-refractivity contribution in [2.75, 3.05) is 0 Å². The molecule has 0 saturated carbocycles. The van der Waals surface area contributed by atoms with Crippen molar-refractivity contribution in [3.63, 3.8) is 0 Å². The maximum atomic E-state index is 2.27. The maximum Gasteiger partial charge on any atom is -0.0398 e. The number of aryl methyl sites for hydroxylation is 3. The summed E-state index contributed by atoms with van der Waals surface area (Å²) in [6, 6.07) is 30.7. The molecule has 0 N–H and O–H groups in total. The first kappa shape index (κ1) is 81.0. The summed E-state index contributed by atoms with van der Waals surface area (Å²) in [7, 11) is 0. The van der Waals surface area contributed by atoms with Crippen molar-refractivity contribution in [1.29, 1.82) is 0 Å². The van der Waals surface area contributed by atoms with Gasteiger partial charge in [0, 0.05) is 0 Å². The molecular weight excluding hydrogens is 865 g/mol. The van der Waals surface area contributed by atoms with Crippen LogP contribution in [0.1, 0.15) is 350 Å². The van der Waals surface area contributed by atoms with Crippen molar-refractivity contribution in [3.8, 4) is 0 Å². The molecule has 0 aliphatic heterocycles. The molecule has 0 aliphatic rings. The molecule has 0 aliphatic carbocycles. The van der Waals surface area contributed by atoms with E-state index in [2.05, 4.69) is 140 Å². The molecule has 0 bridgehead atoms. The molecule has 3 aromatic carbocycles. The summed E-state index contributed by atoms with van der Waals surface area (Å²) in [5.74, 6) is 0. The SMILES string of the molecule is CCCCCC.CCCCCCC.CCCCCCCC.CCCCCCCCC.CCCCCCCCCC.CCCCCCCCCCC.Cc1ccc(C)cc1.Cc1ccccc1.c1ccccc1.